The quantitative estimate of drug-likeness (QED) is 0.677. The highest BCUT2D eigenvalue weighted by atomic mass is 16.3. The van der Waals surface area contributed by atoms with Gasteiger partial charge in [0.2, 0.25) is 0 Å². The van der Waals surface area contributed by atoms with Gasteiger partial charge >= 0.3 is 0 Å². The van der Waals surface area contributed by atoms with Crippen molar-refractivity contribution in [1.82, 2.24) is 0 Å². The zero-order chi connectivity index (χ0) is 14.6. The van der Waals surface area contributed by atoms with E-state index in [1.165, 1.54) is 51.4 Å². The number of hydrogen-bond donors (Lipinski definition) is 1. The van der Waals surface area contributed by atoms with Crippen molar-refractivity contribution in [2.24, 2.45) is 35.0 Å². The van der Waals surface area contributed by atoms with Gasteiger partial charge < -0.3 is 5.11 Å². The van der Waals surface area contributed by atoms with Crippen molar-refractivity contribution in [3.63, 3.8) is 0 Å². The molecular formula is C20H32O. The lowest BCUT2D eigenvalue weighted by atomic mass is 9.49. The van der Waals surface area contributed by atoms with Crippen molar-refractivity contribution in [2.45, 2.75) is 77.7 Å². The number of rotatable bonds is 1. The van der Waals surface area contributed by atoms with Crippen LogP contribution in [-0.2, 0) is 0 Å². The van der Waals surface area contributed by atoms with Crippen LogP contribution in [0.4, 0.5) is 0 Å². The maximum absolute atomic E-state index is 10.6. The van der Waals surface area contributed by atoms with E-state index in [2.05, 4.69) is 19.9 Å². The highest BCUT2D eigenvalue weighted by Gasteiger charge is 2.57. The van der Waals surface area contributed by atoms with Gasteiger partial charge in [-0.3, -0.25) is 0 Å². The van der Waals surface area contributed by atoms with Crippen molar-refractivity contribution in [2.75, 3.05) is 0 Å². The molecule has 118 valence electrons. The van der Waals surface area contributed by atoms with E-state index < -0.39 is 0 Å². The summed E-state index contributed by atoms with van der Waals surface area (Å²) in [6, 6.07) is 0. The Labute approximate surface area is 130 Å². The molecule has 1 nitrogen and oxygen atoms in total. The third-order valence-corrected chi connectivity index (χ3v) is 8.02. The van der Waals surface area contributed by atoms with Crippen LogP contribution >= 0.6 is 0 Å². The van der Waals surface area contributed by atoms with E-state index >= 15 is 0 Å². The second kappa shape index (κ2) is 5.11. The van der Waals surface area contributed by atoms with Crippen LogP contribution in [0.3, 0.4) is 0 Å². The molecule has 0 saturated heterocycles. The van der Waals surface area contributed by atoms with Crippen molar-refractivity contribution in [3.05, 3.63) is 11.6 Å². The van der Waals surface area contributed by atoms with Crippen LogP contribution in [0.1, 0.15) is 71.6 Å². The standard InChI is InChI=1S/C20H32O/c1-3-13-12-14-6-4-5-7-15(14)16-10-11-20(2)17(19(13)16)8-9-18(20)21/h6,13,15-19,21H,3-5,7-12H2,1-2H3/t13-,15+,16-,17+,18+,19-,20+/m1/s1. The minimum absolute atomic E-state index is 0.0238. The van der Waals surface area contributed by atoms with E-state index in [4.69, 9.17) is 0 Å². The van der Waals surface area contributed by atoms with Crippen LogP contribution < -0.4 is 0 Å². The molecular weight excluding hydrogens is 256 g/mol. The minimum atomic E-state index is -0.0238. The first-order chi connectivity index (χ1) is 10.1. The molecule has 0 unspecified atom stereocenters. The number of aliphatic hydroxyl groups excluding tert-OH is 1. The molecule has 21 heavy (non-hydrogen) atoms. The first-order valence-electron chi connectivity index (χ1n) is 9.52. The van der Waals surface area contributed by atoms with Gasteiger partial charge in [-0.15, -0.1) is 0 Å². The van der Waals surface area contributed by atoms with E-state index in [0.717, 1.165) is 36.0 Å². The molecule has 0 radical (unpaired) electrons. The molecule has 0 aromatic carbocycles. The number of fused-ring (bicyclic) bond motifs is 5. The molecule has 1 N–H and O–H groups in total. The Morgan fingerprint density at radius 2 is 2.10 bits per heavy atom. The van der Waals surface area contributed by atoms with E-state index in [1.807, 2.05) is 5.57 Å². The molecule has 0 amide bonds. The zero-order valence-electron chi connectivity index (χ0n) is 13.9. The van der Waals surface area contributed by atoms with Gasteiger partial charge in [0, 0.05) is 0 Å². The highest BCUT2D eigenvalue weighted by Crippen LogP contribution is 2.63. The molecule has 0 bridgehead atoms. The van der Waals surface area contributed by atoms with Crippen LogP contribution in [0.2, 0.25) is 0 Å². The molecule has 0 spiro atoms. The van der Waals surface area contributed by atoms with Gasteiger partial charge in [0.15, 0.2) is 0 Å². The summed E-state index contributed by atoms with van der Waals surface area (Å²) in [4.78, 5) is 0. The summed E-state index contributed by atoms with van der Waals surface area (Å²) >= 11 is 0. The smallest absolute Gasteiger partial charge is 0.0596 e. The molecule has 1 heteroatoms. The van der Waals surface area contributed by atoms with Gasteiger partial charge in [-0.1, -0.05) is 31.9 Å². The fraction of sp³-hybridized carbons (Fsp3) is 0.900. The third kappa shape index (κ3) is 1.99. The zero-order valence-corrected chi connectivity index (χ0v) is 13.9. The van der Waals surface area contributed by atoms with Crippen LogP contribution in [0.25, 0.3) is 0 Å². The van der Waals surface area contributed by atoms with Gasteiger partial charge in [-0.2, -0.15) is 0 Å². The topological polar surface area (TPSA) is 20.2 Å². The third-order valence-electron chi connectivity index (χ3n) is 8.02. The van der Waals surface area contributed by atoms with Crippen molar-refractivity contribution >= 4 is 0 Å². The fourth-order valence-electron chi connectivity index (χ4n) is 6.89. The predicted molar refractivity (Wildman–Crippen MR) is 86.9 cm³/mol. The summed E-state index contributed by atoms with van der Waals surface area (Å²) in [7, 11) is 0. The molecule has 3 saturated carbocycles. The van der Waals surface area contributed by atoms with Gasteiger partial charge in [-0.25, -0.2) is 0 Å². The van der Waals surface area contributed by atoms with Gasteiger partial charge in [-0.05, 0) is 86.4 Å². The Morgan fingerprint density at radius 1 is 1.24 bits per heavy atom. The molecule has 0 aromatic heterocycles. The summed E-state index contributed by atoms with van der Waals surface area (Å²) in [6.07, 6.45) is 14.5. The first kappa shape index (κ1) is 14.3. The Balaban J connectivity index is 1.69. The van der Waals surface area contributed by atoms with Gasteiger partial charge in [0.25, 0.3) is 0 Å². The van der Waals surface area contributed by atoms with Crippen LogP contribution in [0, 0.1) is 35.0 Å². The molecule has 3 fully saturated rings. The Kier molecular flexibility index (Phi) is 3.48. The lowest BCUT2D eigenvalue weighted by molar-refractivity contribution is -0.0743. The second-order valence-electron chi connectivity index (χ2n) is 8.67. The maximum Gasteiger partial charge on any atom is 0.0596 e. The molecule has 4 aliphatic rings. The molecule has 7 atom stereocenters. The number of aliphatic hydroxyl groups is 1. The summed E-state index contributed by atoms with van der Waals surface area (Å²) < 4.78 is 0. The Morgan fingerprint density at radius 3 is 2.90 bits per heavy atom. The van der Waals surface area contributed by atoms with Gasteiger partial charge in [0.1, 0.15) is 0 Å². The summed E-state index contributed by atoms with van der Waals surface area (Å²) in [5.74, 6) is 4.46. The van der Waals surface area contributed by atoms with Crippen LogP contribution in [0.5, 0.6) is 0 Å². The van der Waals surface area contributed by atoms with E-state index in [9.17, 15) is 5.11 Å². The van der Waals surface area contributed by atoms with Crippen LogP contribution in [0.15, 0.2) is 11.6 Å². The lowest BCUT2D eigenvalue weighted by Gasteiger charge is -2.56. The monoisotopic (exact) mass is 288 g/mol. The molecule has 4 aliphatic carbocycles. The largest absolute Gasteiger partial charge is 0.393 e. The summed E-state index contributed by atoms with van der Waals surface area (Å²) in [6.45, 7) is 4.81. The Hall–Kier alpha value is -0.300. The molecule has 4 rings (SSSR count). The van der Waals surface area contributed by atoms with E-state index in [0.29, 0.717) is 0 Å². The second-order valence-corrected chi connectivity index (χ2v) is 8.67. The van der Waals surface area contributed by atoms with Crippen molar-refractivity contribution in [1.29, 1.82) is 0 Å². The van der Waals surface area contributed by atoms with Crippen molar-refractivity contribution in [3.8, 4) is 0 Å². The van der Waals surface area contributed by atoms with E-state index in [1.54, 1.807) is 0 Å². The van der Waals surface area contributed by atoms with E-state index in [-0.39, 0.29) is 11.5 Å². The lowest BCUT2D eigenvalue weighted by Crippen LogP contribution is -2.50. The maximum atomic E-state index is 10.6. The normalized spacial score (nSPS) is 52.6. The average molecular weight is 288 g/mol. The summed E-state index contributed by atoms with van der Waals surface area (Å²) in [5.41, 5.74) is 2.07. The SMILES string of the molecule is CC[C@@H]1CC2=CCCC[C@@H]2[C@H]2CC[C@]3(C)[C@@H](O)CC[C@H]3[C@H]12. The Bertz CT molecular complexity index is 439. The molecule has 0 aliphatic heterocycles. The number of allylic oxidation sites excluding steroid dienone is 2. The minimum Gasteiger partial charge on any atom is -0.393 e. The predicted octanol–water partition coefficient (Wildman–Crippen LogP) is 4.95. The fourth-order valence-corrected chi connectivity index (χ4v) is 6.89. The van der Waals surface area contributed by atoms with Crippen LogP contribution in [-0.4, -0.2) is 11.2 Å². The molecule has 0 aromatic rings. The molecule has 0 heterocycles. The summed E-state index contributed by atoms with van der Waals surface area (Å²) in [5, 5.41) is 10.6. The first-order valence-corrected chi connectivity index (χ1v) is 9.52. The van der Waals surface area contributed by atoms with Gasteiger partial charge in [0.05, 0.1) is 6.10 Å². The van der Waals surface area contributed by atoms with Crippen molar-refractivity contribution < 1.29 is 5.11 Å². The highest BCUT2D eigenvalue weighted by molar-refractivity contribution is 5.19. The average Bonchev–Trinajstić information content (AvgIpc) is 2.82. The number of hydrogen-bond acceptors (Lipinski definition) is 1.